The Morgan fingerprint density at radius 1 is 1.18 bits per heavy atom. The van der Waals surface area contributed by atoms with Crippen LogP contribution in [0.1, 0.15) is 57.6 Å². The molecule has 1 aromatic rings. The standard InChI is InChI=1S/C18H30N2O2/c1-4-5-6-8-11-15(2)20-18(21)19-14-17(22-3)16-12-9-7-10-13-16/h7,9-10,12-13,15,17H,4-6,8,11,14H2,1-3H3,(H2,19,20,21). The Kier molecular flexibility index (Phi) is 9.31. The smallest absolute Gasteiger partial charge is 0.315 e. The van der Waals surface area contributed by atoms with E-state index in [1.165, 1.54) is 25.7 Å². The van der Waals surface area contributed by atoms with E-state index in [1.807, 2.05) is 30.3 Å². The predicted molar refractivity (Wildman–Crippen MR) is 90.9 cm³/mol. The molecule has 0 saturated carbocycles. The van der Waals surface area contributed by atoms with Gasteiger partial charge < -0.3 is 15.4 Å². The van der Waals surface area contributed by atoms with Gasteiger partial charge in [0.2, 0.25) is 0 Å². The lowest BCUT2D eigenvalue weighted by Crippen LogP contribution is -2.42. The van der Waals surface area contributed by atoms with Gasteiger partial charge in [-0.2, -0.15) is 0 Å². The van der Waals surface area contributed by atoms with Crippen LogP contribution in [0.25, 0.3) is 0 Å². The minimum atomic E-state index is -0.124. The Balaban J connectivity index is 2.26. The number of rotatable bonds is 10. The maximum Gasteiger partial charge on any atom is 0.315 e. The Labute approximate surface area is 134 Å². The second-order valence-electron chi connectivity index (χ2n) is 5.74. The molecule has 0 fully saturated rings. The van der Waals surface area contributed by atoms with Crippen LogP contribution in [-0.2, 0) is 4.74 Å². The van der Waals surface area contributed by atoms with Crippen molar-refractivity contribution in [1.82, 2.24) is 10.6 Å². The van der Waals surface area contributed by atoms with E-state index in [1.54, 1.807) is 7.11 Å². The third-order valence-electron chi connectivity index (χ3n) is 3.77. The van der Waals surface area contributed by atoms with Crippen molar-refractivity contribution in [3.8, 4) is 0 Å². The molecular weight excluding hydrogens is 276 g/mol. The summed E-state index contributed by atoms with van der Waals surface area (Å²) in [5.41, 5.74) is 1.07. The van der Waals surface area contributed by atoms with Crippen LogP contribution >= 0.6 is 0 Å². The zero-order valence-electron chi connectivity index (χ0n) is 14.1. The fraction of sp³-hybridized carbons (Fsp3) is 0.611. The van der Waals surface area contributed by atoms with E-state index >= 15 is 0 Å². The van der Waals surface area contributed by atoms with Gasteiger partial charge in [0.15, 0.2) is 0 Å². The summed E-state index contributed by atoms with van der Waals surface area (Å²) >= 11 is 0. The molecule has 2 amide bonds. The molecule has 4 heteroatoms. The van der Waals surface area contributed by atoms with Gasteiger partial charge in [-0.25, -0.2) is 4.79 Å². The van der Waals surface area contributed by atoms with Crippen molar-refractivity contribution in [2.24, 2.45) is 0 Å². The van der Waals surface area contributed by atoms with Gasteiger partial charge in [-0.1, -0.05) is 62.9 Å². The lowest BCUT2D eigenvalue weighted by Gasteiger charge is -2.18. The first kappa shape index (κ1) is 18.5. The van der Waals surface area contributed by atoms with Crippen molar-refractivity contribution in [2.45, 2.75) is 58.1 Å². The topological polar surface area (TPSA) is 50.4 Å². The second-order valence-corrected chi connectivity index (χ2v) is 5.74. The summed E-state index contributed by atoms with van der Waals surface area (Å²) in [5, 5.41) is 5.87. The zero-order chi connectivity index (χ0) is 16.2. The maximum absolute atomic E-state index is 11.9. The molecule has 0 saturated heterocycles. The number of carbonyl (C=O) groups excluding carboxylic acids is 1. The van der Waals surface area contributed by atoms with E-state index in [0.717, 1.165) is 12.0 Å². The number of carbonyl (C=O) groups is 1. The molecular formula is C18H30N2O2. The number of urea groups is 1. The van der Waals surface area contributed by atoms with E-state index in [2.05, 4.69) is 24.5 Å². The van der Waals surface area contributed by atoms with Crippen LogP contribution in [0.3, 0.4) is 0 Å². The van der Waals surface area contributed by atoms with Crippen molar-refractivity contribution in [2.75, 3.05) is 13.7 Å². The van der Waals surface area contributed by atoms with Crippen molar-refractivity contribution in [3.63, 3.8) is 0 Å². The molecule has 22 heavy (non-hydrogen) atoms. The fourth-order valence-electron chi connectivity index (χ4n) is 2.41. The van der Waals surface area contributed by atoms with E-state index in [4.69, 9.17) is 4.74 Å². The summed E-state index contributed by atoms with van der Waals surface area (Å²) < 4.78 is 5.44. The molecule has 0 heterocycles. The third kappa shape index (κ3) is 7.46. The highest BCUT2D eigenvalue weighted by molar-refractivity contribution is 5.74. The highest BCUT2D eigenvalue weighted by Gasteiger charge is 2.12. The average Bonchev–Trinajstić information content (AvgIpc) is 2.53. The number of ether oxygens (including phenoxy) is 1. The number of amides is 2. The van der Waals surface area contributed by atoms with Crippen LogP contribution in [0.5, 0.6) is 0 Å². The molecule has 2 atom stereocenters. The number of hydrogen-bond acceptors (Lipinski definition) is 2. The quantitative estimate of drug-likeness (QED) is 0.641. The summed E-state index contributed by atoms with van der Waals surface area (Å²) in [7, 11) is 1.66. The Bertz CT molecular complexity index is 409. The zero-order valence-corrected chi connectivity index (χ0v) is 14.1. The minimum Gasteiger partial charge on any atom is -0.375 e. The van der Waals surface area contributed by atoms with Gasteiger partial charge in [-0.3, -0.25) is 0 Å². The molecule has 0 radical (unpaired) electrons. The first-order valence-electron chi connectivity index (χ1n) is 8.29. The fourth-order valence-corrected chi connectivity index (χ4v) is 2.41. The monoisotopic (exact) mass is 306 g/mol. The van der Waals surface area contributed by atoms with Crippen LogP contribution < -0.4 is 10.6 Å². The summed E-state index contributed by atoms with van der Waals surface area (Å²) in [6, 6.07) is 10.0. The first-order chi connectivity index (χ1) is 10.7. The molecule has 0 aliphatic rings. The van der Waals surface area contributed by atoms with Crippen LogP contribution in [-0.4, -0.2) is 25.7 Å². The molecule has 1 rings (SSSR count). The van der Waals surface area contributed by atoms with Gasteiger partial charge >= 0.3 is 6.03 Å². The van der Waals surface area contributed by atoms with E-state index in [0.29, 0.717) is 6.54 Å². The Morgan fingerprint density at radius 2 is 1.91 bits per heavy atom. The third-order valence-corrected chi connectivity index (χ3v) is 3.77. The van der Waals surface area contributed by atoms with Crippen molar-refractivity contribution in [1.29, 1.82) is 0 Å². The number of hydrogen-bond donors (Lipinski definition) is 2. The number of methoxy groups -OCH3 is 1. The van der Waals surface area contributed by atoms with Gasteiger partial charge in [0.1, 0.15) is 0 Å². The number of benzene rings is 1. The average molecular weight is 306 g/mol. The summed E-state index contributed by atoms with van der Waals surface area (Å²) in [6.07, 6.45) is 5.82. The normalized spacial score (nSPS) is 13.4. The lowest BCUT2D eigenvalue weighted by atomic mass is 10.1. The molecule has 4 nitrogen and oxygen atoms in total. The van der Waals surface area contributed by atoms with Crippen molar-refractivity contribution in [3.05, 3.63) is 35.9 Å². The highest BCUT2D eigenvalue weighted by atomic mass is 16.5. The summed E-state index contributed by atoms with van der Waals surface area (Å²) in [6.45, 7) is 4.72. The second kappa shape index (κ2) is 11.1. The van der Waals surface area contributed by atoms with Crippen LogP contribution in [0.2, 0.25) is 0 Å². The predicted octanol–water partition coefficient (Wildman–Crippen LogP) is 4.03. The molecule has 2 N–H and O–H groups in total. The molecule has 124 valence electrons. The minimum absolute atomic E-state index is 0.119. The van der Waals surface area contributed by atoms with Gasteiger partial charge in [0.25, 0.3) is 0 Å². The molecule has 0 bridgehead atoms. The lowest BCUT2D eigenvalue weighted by molar-refractivity contribution is 0.104. The van der Waals surface area contributed by atoms with Crippen LogP contribution in [0.4, 0.5) is 4.79 Å². The van der Waals surface area contributed by atoms with Gasteiger partial charge in [-0.05, 0) is 18.9 Å². The Hall–Kier alpha value is -1.55. The SMILES string of the molecule is CCCCCCC(C)NC(=O)NCC(OC)c1ccccc1. The van der Waals surface area contributed by atoms with E-state index in [-0.39, 0.29) is 18.2 Å². The number of unbranched alkanes of at least 4 members (excludes halogenated alkanes) is 3. The van der Waals surface area contributed by atoms with E-state index in [9.17, 15) is 4.79 Å². The maximum atomic E-state index is 11.9. The van der Waals surface area contributed by atoms with E-state index < -0.39 is 0 Å². The molecule has 1 aromatic carbocycles. The molecule has 0 aromatic heterocycles. The Morgan fingerprint density at radius 3 is 2.55 bits per heavy atom. The van der Waals surface area contributed by atoms with Crippen LogP contribution in [0, 0.1) is 0 Å². The highest BCUT2D eigenvalue weighted by Crippen LogP contribution is 2.14. The molecule has 2 unspecified atom stereocenters. The molecule has 0 aliphatic carbocycles. The first-order valence-corrected chi connectivity index (χ1v) is 8.29. The molecule has 0 spiro atoms. The van der Waals surface area contributed by atoms with Gasteiger partial charge in [0.05, 0.1) is 6.10 Å². The van der Waals surface area contributed by atoms with Gasteiger partial charge in [0, 0.05) is 19.7 Å². The largest absolute Gasteiger partial charge is 0.375 e. The van der Waals surface area contributed by atoms with Gasteiger partial charge in [-0.15, -0.1) is 0 Å². The summed E-state index contributed by atoms with van der Waals surface area (Å²) in [5.74, 6) is 0. The van der Waals surface area contributed by atoms with Crippen molar-refractivity contribution < 1.29 is 9.53 Å². The van der Waals surface area contributed by atoms with Crippen molar-refractivity contribution >= 4 is 6.03 Å². The molecule has 0 aliphatic heterocycles. The number of nitrogens with one attached hydrogen (secondary N) is 2. The summed E-state index contributed by atoms with van der Waals surface area (Å²) in [4.78, 5) is 11.9. The van der Waals surface area contributed by atoms with Crippen LogP contribution in [0.15, 0.2) is 30.3 Å².